The molecule has 0 radical (unpaired) electrons. The van der Waals surface area contributed by atoms with Crippen molar-refractivity contribution in [2.45, 2.75) is 39.7 Å². The molecule has 1 aromatic heterocycles. The Kier molecular flexibility index (Phi) is 6.86. The summed E-state index contributed by atoms with van der Waals surface area (Å²) in [6, 6.07) is 6.37. The summed E-state index contributed by atoms with van der Waals surface area (Å²) >= 11 is 0. The summed E-state index contributed by atoms with van der Waals surface area (Å²) in [5, 5.41) is 0. The number of rotatable bonds is 8. The van der Waals surface area contributed by atoms with Crippen LogP contribution in [0.1, 0.15) is 47.8 Å². The first-order valence-electron chi connectivity index (χ1n) is 10.2. The number of hydrogen-bond donors (Lipinski definition) is 0. The molecule has 0 N–H and O–H groups in total. The summed E-state index contributed by atoms with van der Waals surface area (Å²) in [6.07, 6.45) is 1.43. The summed E-state index contributed by atoms with van der Waals surface area (Å²) in [4.78, 5) is 17.0. The van der Waals surface area contributed by atoms with E-state index in [1.54, 1.807) is 36.7 Å². The van der Waals surface area contributed by atoms with Crippen LogP contribution in [-0.2, 0) is 22.9 Å². The number of imidazole rings is 1. The normalized spacial score (nSPS) is 12.0. The third-order valence-electron chi connectivity index (χ3n) is 4.93. The Bertz CT molecular complexity index is 1100. The largest absolute Gasteiger partial charge is 0.373 e. The SMILES string of the molecule is Cc1ccc(Cc2c(C(=O)COCCOC(C)(C)C)cc3c(ncn3C)c2F)c(F)c1. The van der Waals surface area contributed by atoms with Gasteiger partial charge in [-0.1, -0.05) is 12.1 Å². The molecule has 5 nitrogen and oxygen atoms in total. The Labute approximate surface area is 181 Å². The molecule has 0 saturated carbocycles. The molecule has 0 unspecified atom stereocenters. The van der Waals surface area contributed by atoms with E-state index in [0.29, 0.717) is 17.7 Å². The van der Waals surface area contributed by atoms with Gasteiger partial charge < -0.3 is 14.0 Å². The van der Waals surface area contributed by atoms with Crippen LogP contribution in [0.5, 0.6) is 0 Å². The second-order valence-corrected chi connectivity index (χ2v) is 8.65. The lowest BCUT2D eigenvalue weighted by atomic mass is 9.95. The second-order valence-electron chi connectivity index (χ2n) is 8.65. The number of carbonyl (C=O) groups excluding carboxylic acids is 1. The van der Waals surface area contributed by atoms with Crippen LogP contribution in [0.3, 0.4) is 0 Å². The second kappa shape index (κ2) is 9.24. The van der Waals surface area contributed by atoms with Crippen molar-refractivity contribution in [2.75, 3.05) is 19.8 Å². The molecule has 31 heavy (non-hydrogen) atoms. The summed E-state index contributed by atoms with van der Waals surface area (Å²) < 4.78 is 42.5. The molecule has 7 heteroatoms. The molecular weight excluding hydrogens is 402 g/mol. The highest BCUT2D eigenvalue weighted by Gasteiger charge is 2.22. The number of halogens is 2. The maximum atomic E-state index is 15.4. The van der Waals surface area contributed by atoms with E-state index in [1.807, 2.05) is 20.8 Å². The molecule has 2 aromatic carbocycles. The molecule has 0 aliphatic rings. The van der Waals surface area contributed by atoms with Crippen molar-refractivity contribution in [3.8, 4) is 0 Å². The minimum Gasteiger partial charge on any atom is -0.373 e. The lowest BCUT2D eigenvalue weighted by Crippen LogP contribution is -2.23. The highest BCUT2D eigenvalue weighted by Crippen LogP contribution is 2.27. The van der Waals surface area contributed by atoms with Crippen LogP contribution in [0.25, 0.3) is 11.0 Å². The van der Waals surface area contributed by atoms with E-state index in [1.165, 1.54) is 12.4 Å². The lowest BCUT2D eigenvalue weighted by Gasteiger charge is -2.19. The smallest absolute Gasteiger partial charge is 0.188 e. The van der Waals surface area contributed by atoms with Gasteiger partial charge in [0, 0.05) is 24.6 Å². The molecule has 166 valence electrons. The van der Waals surface area contributed by atoms with Crippen LogP contribution in [0.4, 0.5) is 8.78 Å². The van der Waals surface area contributed by atoms with Crippen LogP contribution < -0.4 is 0 Å². The fourth-order valence-corrected chi connectivity index (χ4v) is 3.32. The molecule has 3 aromatic rings. The van der Waals surface area contributed by atoms with Crippen molar-refractivity contribution in [3.05, 3.63) is 64.5 Å². The Morgan fingerprint density at radius 2 is 1.90 bits per heavy atom. The summed E-state index contributed by atoms with van der Waals surface area (Å²) in [5.74, 6) is -1.42. The Morgan fingerprint density at radius 3 is 2.58 bits per heavy atom. The molecule has 0 saturated heterocycles. The Balaban J connectivity index is 1.88. The van der Waals surface area contributed by atoms with Crippen molar-refractivity contribution in [1.29, 1.82) is 0 Å². The van der Waals surface area contributed by atoms with Gasteiger partial charge in [-0.3, -0.25) is 4.79 Å². The Hall–Kier alpha value is -2.64. The van der Waals surface area contributed by atoms with Gasteiger partial charge in [0.15, 0.2) is 11.6 Å². The third kappa shape index (κ3) is 5.54. The van der Waals surface area contributed by atoms with Gasteiger partial charge in [0.2, 0.25) is 0 Å². The van der Waals surface area contributed by atoms with E-state index in [9.17, 15) is 9.18 Å². The topological polar surface area (TPSA) is 53.4 Å². The van der Waals surface area contributed by atoms with Crippen LogP contribution in [0.15, 0.2) is 30.6 Å². The first-order chi connectivity index (χ1) is 14.6. The van der Waals surface area contributed by atoms with E-state index in [0.717, 1.165) is 5.56 Å². The van der Waals surface area contributed by atoms with Gasteiger partial charge in [0.05, 0.1) is 30.7 Å². The van der Waals surface area contributed by atoms with Crippen LogP contribution in [-0.4, -0.2) is 40.8 Å². The van der Waals surface area contributed by atoms with Crippen LogP contribution in [0, 0.1) is 18.6 Å². The zero-order chi connectivity index (χ0) is 22.8. The molecule has 0 amide bonds. The molecule has 0 fully saturated rings. The number of nitrogens with zero attached hydrogens (tertiary/aromatic N) is 2. The maximum Gasteiger partial charge on any atom is 0.188 e. The molecule has 0 spiro atoms. The van der Waals surface area contributed by atoms with Gasteiger partial charge in [0.25, 0.3) is 0 Å². The quantitative estimate of drug-likeness (QED) is 0.382. The molecule has 0 aliphatic heterocycles. The first kappa shape index (κ1) is 23.0. The predicted octanol–water partition coefficient (Wildman–Crippen LogP) is 4.77. The lowest BCUT2D eigenvalue weighted by molar-refractivity contribution is -0.0324. The van der Waals surface area contributed by atoms with Gasteiger partial charge in [-0.05, 0) is 51.0 Å². The zero-order valence-corrected chi connectivity index (χ0v) is 18.6. The summed E-state index contributed by atoms with van der Waals surface area (Å²) in [6.45, 7) is 7.93. The van der Waals surface area contributed by atoms with Crippen molar-refractivity contribution in [1.82, 2.24) is 9.55 Å². The van der Waals surface area contributed by atoms with Crippen molar-refractivity contribution < 1.29 is 23.0 Å². The van der Waals surface area contributed by atoms with Gasteiger partial charge in [-0.2, -0.15) is 0 Å². The summed E-state index contributed by atoms with van der Waals surface area (Å²) in [7, 11) is 1.72. The van der Waals surface area contributed by atoms with Gasteiger partial charge in [0.1, 0.15) is 17.9 Å². The van der Waals surface area contributed by atoms with Crippen molar-refractivity contribution in [3.63, 3.8) is 0 Å². The molecule has 0 aliphatic carbocycles. The van der Waals surface area contributed by atoms with Gasteiger partial charge in [-0.15, -0.1) is 0 Å². The average Bonchev–Trinajstić information content (AvgIpc) is 3.05. The molecular formula is C24H28F2N2O3. The van der Waals surface area contributed by atoms with Gasteiger partial charge >= 0.3 is 0 Å². The van der Waals surface area contributed by atoms with E-state index in [2.05, 4.69) is 4.98 Å². The number of benzene rings is 2. The molecule has 0 bridgehead atoms. The number of aromatic nitrogens is 2. The zero-order valence-electron chi connectivity index (χ0n) is 18.6. The highest BCUT2D eigenvalue weighted by molar-refractivity contribution is 6.01. The molecule has 3 rings (SSSR count). The molecule has 1 heterocycles. The van der Waals surface area contributed by atoms with Gasteiger partial charge in [-0.25, -0.2) is 13.8 Å². The standard InChI is InChI=1S/C24H28F2N2O3/c1-15-6-7-16(19(25)10-15)11-18-17(12-20-23(22(18)26)27-14-28(20)5)21(29)13-30-8-9-31-24(2,3)4/h6-7,10,12,14H,8-9,11,13H2,1-5H3. The van der Waals surface area contributed by atoms with Crippen molar-refractivity contribution >= 4 is 16.8 Å². The van der Waals surface area contributed by atoms with E-state index < -0.39 is 11.6 Å². The number of hydrogen-bond acceptors (Lipinski definition) is 4. The van der Waals surface area contributed by atoms with E-state index >= 15 is 4.39 Å². The monoisotopic (exact) mass is 430 g/mol. The van der Waals surface area contributed by atoms with Crippen LogP contribution in [0.2, 0.25) is 0 Å². The third-order valence-corrected chi connectivity index (χ3v) is 4.93. The number of carbonyl (C=O) groups is 1. The fraction of sp³-hybridized carbons (Fsp3) is 0.417. The van der Waals surface area contributed by atoms with Crippen LogP contribution >= 0.6 is 0 Å². The first-order valence-corrected chi connectivity index (χ1v) is 10.2. The number of fused-ring (bicyclic) bond motifs is 1. The van der Waals surface area contributed by atoms with E-state index in [4.69, 9.17) is 9.47 Å². The maximum absolute atomic E-state index is 15.4. The number of ketones is 1. The predicted molar refractivity (Wildman–Crippen MR) is 115 cm³/mol. The summed E-state index contributed by atoms with van der Waals surface area (Å²) in [5.41, 5.74) is 1.72. The highest BCUT2D eigenvalue weighted by atomic mass is 19.1. The Morgan fingerprint density at radius 1 is 1.16 bits per heavy atom. The molecule has 0 atom stereocenters. The minimum absolute atomic E-state index is 0.0569. The fourth-order valence-electron chi connectivity index (χ4n) is 3.32. The van der Waals surface area contributed by atoms with Crippen molar-refractivity contribution in [2.24, 2.45) is 7.05 Å². The average molecular weight is 430 g/mol. The number of ether oxygens (including phenoxy) is 2. The number of aryl methyl sites for hydroxylation is 2. The van der Waals surface area contributed by atoms with E-state index in [-0.39, 0.29) is 47.7 Å². The minimum atomic E-state index is -0.613. The number of Topliss-reactive ketones (excluding diaryl/α,β-unsaturated/α-hetero) is 1.